The number of fused-ring (bicyclic) bond motifs is 3. The van der Waals surface area contributed by atoms with E-state index in [9.17, 15) is 0 Å². The molecule has 0 aliphatic rings. The van der Waals surface area contributed by atoms with E-state index < -0.39 is 0 Å². The van der Waals surface area contributed by atoms with Gasteiger partial charge in [-0.25, -0.2) is 4.98 Å². The number of halogens is 1. The predicted octanol–water partition coefficient (Wildman–Crippen LogP) is 9.79. The molecule has 7 aromatic rings. The zero-order valence-electron chi connectivity index (χ0n) is 19.3. The fourth-order valence-electron chi connectivity index (χ4n) is 5.04. The van der Waals surface area contributed by atoms with Gasteiger partial charge in [0, 0.05) is 16.1 Å². The lowest BCUT2D eigenvalue weighted by molar-refractivity contribution is 0.620. The standard InChI is InChI=1S/C33H20ClNO/c34-25-17-15-23(16-18-25)33-35-32-30(29-14-6-10-22-8-2-4-12-27(22)29)19-24(20-31(32)36-33)28-13-5-9-21-7-1-3-11-26(21)28/h1-20H. The van der Waals surface area contributed by atoms with Crippen LogP contribution in [-0.4, -0.2) is 4.98 Å². The maximum Gasteiger partial charge on any atom is 0.227 e. The monoisotopic (exact) mass is 481 g/mol. The molecule has 0 atom stereocenters. The molecule has 6 aromatic carbocycles. The lowest BCUT2D eigenvalue weighted by Gasteiger charge is -2.11. The zero-order valence-corrected chi connectivity index (χ0v) is 20.0. The zero-order chi connectivity index (χ0) is 24.1. The molecule has 0 saturated heterocycles. The molecule has 0 aliphatic heterocycles. The van der Waals surface area contributed by atoms with Crippen LogP contribution in [-0.2, 0) is 0 Å². The average Bonchev–Trinajstić information content (AvgIpc) is 3.37. The Balaban J connectivity index is 1.55. The van der Waals surface area contributed by atoms with Crippen LogP contribution in [0.25, 0.3) is 66.4 Å². The van der Waals surface area contributed by atoms with Gasteiger partial charge in [-0.2, -0.15) is 0 Å². The maximum absolute atomic E-state index is 6.39. The van der Waals surface area contributed by atoms with E-state index in [1.54, 1.807) is 0 Å². The Hall–Kier alpha value is -4.40. The van der Waals surface area contributed by atoms with Gasteiger partial charge < -0.3 is 4.42 Å². The number of hydrogen-bond acceptors (Lipinski definition) is 2. The van der Waals surface area contributed by atoms with Gasteiger partial charge in [0.1, 0.15) is 5.52 Å². The fraction of sp³-hybridized carbons (Fsp3) is 0. The normalized spacial score (nSPS) is 11.5. The number of oxazole rings is 1. The van der Waals surface area contributed by atoms with Crippen molar-refractivity contribution in [1.82, 2.24) is 4.98 Å². The van der Waals surface area contributed by atoms with E-state index >= 15 is 0 Å². The molecule has 0 bridgehead atoms. The Bertz CT molecular complexity index is 1890. The molecular weight excluding hydrogens is 462 g/mol. The molecule has 0 radical (unpaired) electrons. The molecule has 36 heavy (non-hydrogen) atoms. The maximum atomic E-state index is 6.39. The molecule has 0 amide bonds. The Morgan fingerprint density at radius 1 is 0.528 bits per heavy atom. The predicted molar refractivity (Wildman–Crippen MR) is 150 cm³/mol. The third-order valence-electron chi connectivity index (χ3n) is 6.77. The van der Waals surface area contributed by atoms with Crippen molar-refractivity contribution in [2.75, 3.05) is 0 Å². The highest BCUT2D eigenvalue weighted by molar-refractivity contribution is 6.30. The van der Waals surface area contributed by atoms with Crippen LogP contribution >= 0.6 is 11.6 Å². The number of nitrogens with zero attached hydrogens (tertiary/aromatic N) is 1. The van der Waals surface area contributed by atoms with Crippen molar-refractivity contribution < 1.29 is 4.42 Å². The van der Waals surface area contributed by atoms with Crippen LogP contribution in [0.5, 0.6) is 0 Å². The smallest absolute Gasteiger partial charge is 0.227 e. The number of hydrogen-bond donors (Lipinski definition) is 0. The van der Waals surface area contributed by atoms with Crippen LogP contribution < -0.4 is 0 Å². The van der Waals surface area contributed by atoms with Crippen LogP contribution in [0.3, 0.4) is 0 Å². The third-order valence-corrected chi connectivity index (χ3v) is 7.02. The molecule has 7 rings (SSSR count). The first kappa shape index (κ1) is 20.9. The molecule has 0 spiro atoms. The minimum atomic E-state index is 0.582. The summed E-state index contributed by atoms with van der Waals surface area (Å²) in [5.74, 6) is 0.582. The van der Waals surface area contributed by atoms with Crippen LogP contribution in [0.15, 0.2) is 126 Å². The highest BCUT2D eigenvalue weighted by Crippen LogP contribution is 2.40. The van der Waals surface area contributed by atoms with Gasteiger partial charge in [0.15, 0.2) is 5.58 Å². The number of rotatable bonds is 3. The second kappa shape index (κ2) is 8.37. The molecule has 0 unspecified atom stereocenters. The summed E-state index contributed by atoms with van der Waals surface area (Å²) in [5, 5.41) is 5.49. The molecular formula is C33H20ClNO. The van der Waals surface area contributed by atoms with Gasteiger partial charge in [0.2, 0.25) is 5.89 Å². The average molecular weight is 482 g/mol. The summed E-state index contributed by atoms with van der Waals surface area (Å²) in [4.78, 5) is 4.98. The summed E-state index contributed by atoms with van der Waals surface area (Å²) < 4.78 is 6.39. The molecule has 1 aromatic heterocycles. The first-order valence-corrected chi connectivity index (χ1v) is 12.3. The summed E-state index contributed by atoms with van der Waals surface area (Å²) in [7, 11) is 0. The Kier molecular flexibility index (Phi) is 4.87. The summed E-state index contributed by atoms with van der Waals surface area (Å²) in [6, 6.07) is 41.8. The molecule has 3 heteroatoms. The number of benzene rings is 6. The lowest BCUT2D eigenvalue weighted by Crippen LogP contribution is -1.87. The topological polar surface area (TPSA) is 26.0 Å². The van der Waals surface area contributed by atoms with Gasteiger partial charge in [-0.3, -0.25) is 0 Å². The molecule has 170 valence electrons. The van der Waals surface area contributed by atoms with Crippen LogP contribution in [0.1, 0.15) is 0 Å². The minimum absolute atomic E-state index is 0.582. The van der Waals surface area contributed by atoms with E-state index in [1.165, 1.54) is 27.1 Å². The van der Waals surface area contributed by atoms with Crippen molar-refractivity contribution in [3.8, 4) is 33.7 Å². The molecule has 0 saturated carbocycles. The molecule has 2 nitrogen and oxygen atoms in total. The van der Waals surface area contributed by atoms with Crippen molar-refractivity contribution in [2.45, 2.75) is 0 Å². The third kappa shape index (κ3) is 3.46. The van der Waals surface area contributed by atoms with Crippen LogP contribution in [0, 0.1) is 0 Å². The van der Waals surface area contributed by atoms with E-state index in [2.05, 4.69) is 97.1 Å². The molecule has 1 heterocycles. The van der Waals surface area contributed by atoms with Gasteiger partial charge in [-0.15, -0.1) is 0 Å². The van der Waals surface area contributed by atoms with Crippen molar-refractivity contribution in [3.63, 3.8) is 0 Å². The van der Waals surface area contributed by atoms with Gasteiger partial charge in [-0.1, -0.05) is 96.5 Å². The summed E-state index contributed by atoms with van der Waals surface area (Å²) in [6.45, 7) is 0. The van der Waals surface area contributed by atoms with Crippen molar-refractivity contribution >= 4 is 44.2 Å². The first-order chi connectivity index (χ1) is 17.7. The van der Waals surface area contributed by atoms with Gasteiger partial charge in [0.05, 0.1) is 0 Å². The summed E-state index contributed by atoms with van der Waals surface area (Å²) >= 11 is 6.12. The van der Waals surface area contributed by atoms with E-state index in [-0.39, 0.29) is 0 Å². The number of aromatic nitrogens is 1. The van der Waals surface area contributed by atoms with Gasteiger partial charge in [-0.05, 0) is 74.6 Å². The van der Waals surface area contributed by atoms with E-state index in [0.717, 1.165) is 33.4 Å². The van der Waals surface area contributed by atoms with E-state index in [0.29, 0.717) is 10.9 Å². The second-order valence-electron chi connectivity index (χ2n) is 8.95. The van der Waals surface area contributed by atoms with Crippen molar-refractivity contribution in [1.29, 1.82) is 0 Å². The second-order valence-corrected chi connectivity index (χ2v) is 9.39. The van der Waals surface area contributed by atoms with Crippen molar-refractivity contribution in [3.05, 3.63) is 126 Å². The summed E-state index contributed by atoms with van der Waals surface area (Å²) in [6.07, 6.45) is 0. The molecule has 0 N–H and O–H groups in total. The van der Waals surface area contributed by atoms with E-state index in [4.69, 9.17) is 21.0 Å². The Labute approximate surface area is 213 Å². The largest absolute Gasteiger partial charge is 0.436 e. The van der Waals surface area contributed by atoms with Gasteiger partial charge in [0.25, 0.3) is 0 Å². The minimum Gasteiger partial charge on any atom is -0.436 e. The highest BCUT2D eigenvalue weighted by Gasteiger charge is 2.18. The van der Waals surface area contributed by atoms with E-state index in [1.807, 2.05) is 24.3 Å². The first-order valence-electron chi connectivity index (χ1n) is 11.9. The quantitative estimate of drug-likeness (QED) is 0.251. The van der Waals surface area contributed by atoms with Crippen LogP contribution in [0.4, 0.5) is 0 Å². The summed E-state index contributed by atoms with van der Waals surface area (Å²) in [5.41, 5.74) is 6.95. The lowest BCUT2D eigenvalue weighted by atomic mass is 9.92. The highest BCUT2D eigenvalue weighted by atomic mass is 35.5. The Morgan fingerprint density at radius 2 is 1.14 bits per heavy atom. The molecule has 0 aliphatic carbocycles. The SMILES string of the molecule is Clc1ccc(-c2nc3c(-c4cccc5ccccc45)cc(-c4cccc5ccccc45)cc3o2)cc1. The fourth-order valence-corrected chi connectivity index (χ4v) is 5.17. The van der Waals surface area contributed by atoms with Crippen LogP contribution in [0.2, 0.25) is 5.02 Å². The Morgan fingerprint density at radius 3 is 1.86 bits per heavy atom. The van der Waals surface area contributed by atoms with Gasteiger partial charge >= 0.3 is 0 Å². The van der Waals surface area contributed by atoms with Crippen molar-refractivity contribution in [2.24, 2.45) is 0 Å². The molecule has 0 fully saturated rings.